The SMILES string of the molecule is CC(C)C1CCCN(c2ccc(N)nn2)CC1. The van der Waals surface area contributed by atoms with Crippen molar-refractivity contribution in [1.82, 2.24) is 10.2 Å². The fraction of sp³-hybridized carbons (Fsp3) is 0.692. The summed E-state index contributed by atoms with van der Waals surface area (Å²) in [6.45, 7) is 6.82. The van der Waals surface area contributed by atoms with Crippen molar-refractivity contribution < 1.29 is 0 Å². The van der Waals surface area contributed by atoms with Crippen molar-refractivity contribution in [1.29, 1.82) is 0 Å². The molecular weight excluding hydrogens is 212 g/mol. The topological polar surface area (TPSA) is 55.0 Å². The molecule has 4 heteroatoms. The Morgan fingerprint density at radius 3 is 2.71 bits per heavy atom. The standard InChI is InChI=1S/C13H22N4/c1-10(2)11-4-3-8-17(9-7-11)13-6-5-12(14)15-16-13/h5-6,10-11H,3-4,7-9H2,1-2H3,(H2,14,15). The van der Waals surface area contributed by atoms with Crippen molar-refractivity contribution in [2.45, 2.75) is 33.1 Å². The van der Waals surface area contributed by atoms with Crippen LogP contribution < -0.4 is 10.6 Å². The average molecular weight is 234 g/mol. The zero-order chi connectivity index (χ0) is 12.3. The number of nitrogens with two attached hydrogens (primary N) is 1. The molecule has 4 nitrogen and oxygen atoms in total. The molecular formula is C13H22N4. The third kappa shape index (κ3) is 3.08. The number of nitrogen functional groups attached to an aromatic ring is 1. The van der Waals surface area contributed by atoms with Crippen LogP contribution in [0.1, 0.15) is 33.1 Å². The van der Waals surface area contributed by atoms with E-state index in [4.69, 9.17) is 5.73 Å². The molecule has 17 heavy (non-hydrogen) atoms. The molecule has 1 unspecified atom stereocenters. The largest absolute Gasteiger partial charge is 0.382 e. The summed E-state index contributed by atoms with van der Waals surface area (Å²) in [5.41, 5.74) is 5.56. The van der Waals surface area contributed by atoms with E-state index in [1.165, 1.54) is 19.3 Å². The van der Waals surface area contributed by atoms with Gasteiger partial charge in [-0.3, -0.25) is 0 Å². The normalized spacial score (nSPS) is 21.6. The number of hydrogen-bond donors (Lipinski definition) is 1. The van der Waals surface area contributed by atoms with Gasteiger partial charge in [0.25, 0.3) is 0 Å². The summed E-state index contributed by atoms with van der Waals surface area (Å²) in [6, 6.07) is 3.80. The number of aromatic nitrogens is 2. The van der Waals surface area contributed by atoms with Crippen LogP contribution in [0, 0.1) is 11.8 Å². The Bertz CT molecular complexity index is 347. The van der Waals surface area contributed by atoms with Crippen molar-refractivity contribution in [2.24, 2.45) is 11.8 Å². The Morgan fingerprint density at radius 2 is 2.06 bits per heavy atom. The van der Waals surface area contributed by atoms with E-state index < -0.39 is 0 Å². The van der Waals surface area contributed by atoms with Crippen LogP contribution in [0.2, 0.25) is 0 Å². The van der Waals surface area contributed by atoms with Crippen LogP contribution in [-0.2, 0) is 0 Å². The number of nitrogens with zero attached hydrogens (tertiary/aromatic N) is 3. The minimum Gasteiger partial charge on any atom is -0.382 e. The van der Waals surface area contributed by atoms with Crippen molar-refractivity contribution in [3.05, 3.63) is 12.1 Å². The van der Waals surface area contributed by atoms with Crippen molar-refractivity contribution >= 4 is 11.6 Å². The molecule has 2 N–H and O–H groups in total. The summed E-state index contributed by atoms with van der Waals surface area (Å²) in [6.07, 6.45) is 3.83. The third-order valence-electron chi connectivity index (χ3n) is 3.71. The van der Waals surface area contributed by atoms with E-state index in [-0.39, 0.29) is 0 Å². The molecule has 1 atom stereocenters. The van der Waals surface area contributed by atoms with Crippen molar-refractivity contribution in [2.75, 3.05) is 23.7 Å². The monoisotopic (exact) mass is 234 g/mol. The molecule has 0 aliphatic carbocycles. The molecule has 1 saturated heterocycles. The zero-order valence-corrected chi connectivity index (χ0v) is 10.8. The summed E-state index contributed by atoms with van der Waals surface area (Å²) >= 11 is 0. The highest BCUT2D eigenvalue weighted by Crippen LogP contribution is 2.26. The fourth-order valence-corrected chi connectivity index (χ4v) is 2.52. The molecule has 0 spiro atoms. The summed E-state index contributed by atoms with van der Waals surface area (Å²) in [4.78, 5) is 2.33. The minimum absolute atomic E-state index is 0.489. The Labute approximate surface area is 103 Å². The van der Waals surface area contributed by atoms with Gasteiger partial charge in [-0.15, -0.1) is 10.2 Å². The smallest absolute Gasteiger partial charge is 0.151 e. The second-order valence-corrected chi connectivity index (χ2v) is 5.24. The minimum atomic E-state index is 0.489. The predicted molar refractivity (Wildman–Crippen MR) is 70.8 cm³/mol. The van der Waals surface area contributed by atoms with Crippen molar-refractivity contribution in [3.8, 4) is 0 Å². The van der Waals surface area contributed by atoms with Gasteiger partial charge in [-0.2, -0.15) is 0 Å². The van der Waals surface area contributed by atoms with Crippen LogP contribution in [0.15, 0.2) is 12.1 Å². The van der Waals surface area contributed by atoms with E-state index in [1.807, 2.05) is 12.1 Å². The lowest BCUT2D eigenvalue weighted by molar-refractivity contribution is 0.351. The van der Waals surface area contributed by atoms with Gasteiger partial charge in [0.2, 0.25) is 0 Å². The van der Waals surface area contributed by atoms with Gasteiger partial charge in [-0.1, -0.05) is 13.8 Å². The molecule has 0 radical (unpaired) electrons. The molecule has 2 rings (SSSR count). The molecule has 1 aliphatic rings. The van der Waals surface area contributed by atoms with Gasteiger partial charge in [-0.05, 0) is 43.2 Å². The summed E-state index contributed by atoms with van der Waals surface area (Å²) in [5.74, 6) is 3.08. The lowest BCUT2D eigenvalue weighted by atomic mass is 9.89. The van der Waals surface area contributed by atoms with Crippen LogP contribution in [-0.4, -0.2) is 23.3 Å². The van der Waals surface area contributed by atoms with E-state index >= 15 is 0 Å². The summed E-state index contributed by atoms with van der Waals surface area (Å²) < 4.78 is 0. The molecule has 1 fully saturated rings. The summed E-state index contributed by atoms with van der Waals surface area (Å²) in [5, 5.41) is 8.09. The van der Waals surface area contributed by atoms with E-state index in [0.717, 1.165) is 30.7 Å². The molecule has 0 bridgehead atoms. The predicted octanol–water partition coefficient (Wildman–Crippen LogP) is 2.32. The fourth-order valence-electron chi connectivity index (χ4n) is 2.52. The zero-order valence-electron chi connectivity index (χ0n) is 10.8. The highest BCUT2D eigenvalue weighted by molar-refractivity contribution is 5.41. The van der Waals surface area contributed by atoms with Gasteiger partial charge >= 0.3 is 0 Å². The van der Waals surface area contributed by atoms with Gasteiger partial charge in [0.05, 0.1) is 0 Å². The van der Waals surface area contributed by atoms with Crippen LogP contribution in [0.5, 0.6) is 0 Å². The first-order chi connectivity index (χ1) is 8.16. The molecule has 0 amide bonds. The lowest BCUT2D eigenvalue weighted by Gasteiger charge is -2.21. The molecule has 0 aromatic carbocycles. The van der Waals surface area contributed by atoms with E-state index in [9.17, 15) is 0 Å². The number of hydrogen-bond acceptors (Lipinski definition) is 4. The Kier molecular flexibility index (Phi) is 3.82. The van der Waals surface area contributed by atoms with Gasteiger partial charge in [0.15, 0.2) is 5.82 Å². The number of rotatable bonds is 2. The third-order valence-corrected chi connectivity index (χ3v) is 3.71. The Hall–Kier alpha value is -1.32. The van der Waals surface area contributed by atoms with Crippen molar-refractivity contribution in [3.63, 3.8) is 0 Å². The van der Waals surface area contributed by atoms with Gasteiger partial charge in [0.1, 0.15) is 5.82 Å². The highest BCUT2D eigenvalue weighted by Gasteiger charge is 2.20. The lowest BCUT2D eigenvalue weighted by Crippen LogP contribution is -2.25. The van der Waals surface area contributed by atoms with Crippen LogP contribution in [0.25, 0.3) is 0 Å². The van der Waals surface area contributed by atoms with Gasteiger partial charge < -0.3 is 10.6 Å². The average Bonchev–Trinajstić information content (AvgIpc) is 2.55. The van der Waals surface area contributed by atoms with Crippen LogP contribution in [0.3, 0.4) is 0 Å². The Morgan fingerprint density at radius 1 is 1.24 bits per heavy atom. The first-order valence-electron chi connectivity index (χ1n) is 6.51. The highest BCUT2D eigenvalue weighted by atomic mass is 15.3. The molecule has 1 aromatic heterocycles. The van der Waals surface area contributed by atoms with E-state index in [0.29, 0.717) is 5.82 Å². The number of anilines is 2. The maximum absolute atomic E-state index is 5.56. The first-order valence-corrected chi connectivity index (χ1v) is 6.51. The molecule has 2 heterocycles. The second-order valence-electron chi connectivity index (χ2n) is 5.24. The van der Waals surface area contributed by atoms with Crippen LogP contribution >= 0.6 is 0 Å². The molecule has 1 aliphatic heterocycles. The molecule has 0 saturated carbocycles. The van der Waals surface area contributed by atoms with Gasteiger partial charge in [0, 0.05) is 13.1 Å². The van der Waals surface area contributed by atoms with E-state index in [2.05, 4.69) is 28.9 Å². The van der Waals surface area contributed by atoms with Crippen LogP contribution in [0.4, 0.5) is 11.6 Å². The molecule has 94 valence electrons. The quantitative estimate of drug-likeness (QED) is 0.853. The maximum Gasteiger partial charge on any atom is 0.151 e. The van der Waals surface area contributed by atoms with Gasteiger partial charge in [-0.25, -0.2) is 0 Å². The second kappa shape index (κ2) is 5.34. The maximum atomic E-state index is 5.56. The molecule has 1 aromatic rings. The first kappa shape index (κ1) is 12.1. The van der Waals surface area contributed by atoms with E-state index in [1.54, 1.807) is 0 Å². The summed E-state index contributed by atoms with van der Waals surface area (Å²) in [7, 11) is 0. The Balaban J connectivity index is 2.01.